The molecule has 0 aliphatic carbocycles. The Kier molecular flexibility index (Phi) is 3.78. The smallest absolute Gasteiger partial charge is 0.314 e. The van der Waals surface area contributed by atoms with E-state index in [1.165, 1.54) is 19.4 Å². The average Bonchev–Trinajstić information content (AvgIpc) is 2.80. The fourth-order valence-corrected chi connectivity index (χ4v) is 3.61. The molecule has 0 amide bonds. The molecule has 0 aromatic carbocycles. The second-order valence-electron chi connectivity index (χ2n) is 6.29. The Morgan fingerprint density at radius 3 is 2.95 bits per heavy atom. The number of likely N-dealkylation sites (tertiary alicyclic amines) is 1. The SMILES string of the molecule is CN1CCCC(Cc2cn3c(n2)C(C(=O)O)CCC3)C1. The Bertz CT molecular complexity index is 497. The number of piperidine rings is 1. The second-order valence-corrected chi connectivity index (χ2v) is 6.29. The van der Waals surface area contributed by atoms with E-state index in [2.05, 4.69) is 27.7 Å². The summed E-state index contributed by atoms with van der Waals surface area (Å²) in [4.78, 5) is 18.3. The second kappa shape index (κ2) is 5.56. The van der Waals surface area contributed by atoms with Gasteiger partial charge in [0.1, 0.15) is 11.7 Å². The highest BCUT2D eigenvalue weighted by Crippen LogP contribution is 2.28. The molecule has 2 unspecified atom stereocenters. The third-order valence-electron chi connectivity index (χ3n) is 4.58. The summed E-state index contributed by atoms with van der Waals surface area (Å²) in [6.45, 7) is 3.23. The predicted octanol–water partition coefficient (Wildman–Crippen LogP) is 1.73. The fourth-order valence-electron chi connectivity index (χ4n) is 3.61. The van der Waals surface area contributed by atoms with Crippen LogP contribution in [0, 0.1) is 5.92 Å². The molecule has 110 valence electrons. The standard InChI is InChI=1S/C15H23N3O2/c1-17-6-2-4-11(9-17)8-12-10-18-7-3-5-13(15(19)20)14(18)16-12/h10-11,13H,2-9H2,1H3,(H,19,20). The van der Waals surface area contributed by atoms with Crippen LogP contribution in [0.5, 0.6) is 0 Å². The Balaban J connectivity index is 1.74. The number of aliphatic carboxylic acids is 1. The maximum atomic E-state index is 11.3. The third-order valence-corrected chi connectivity index (χ3v) is 4.58. The van der Waals surface area contributed by atoms with Crippen LogP contribution < -0.4 is 0 Å². The fraction of sp³-hybridized carbons (Fsp3) is 0.733. The highest BCUT2D eigenvalue weighted by atomic mass is 16.4. The number of carbonyl (C=O) groups is 1. The van der Waals surface area contributed by atoms with Gasteiger partial charge in [0.2, 0.25) is 0 Å². The zero-order chi connectivity index (χ0) is 14.1. The maximum absolute atomic E-state index is 11.3. The molecule has 0 bridgehead atoms. The normalized spacial score (nSPS) is 27.2. The quantitative estimate of drug-likeness (QED) is 0.914. The first-order valence-electron chi connectivity index (χ1n) is 7.61. The van der Waals surface area contributed by atoms with Gasteiger partial charge in [0.05, 0.1) is 5.69 Å². The Morgan fingerprint density at radius 1 is 1.40 bits per heavy atom. The summed E-state index contributed by atoms with van der Waals surface area (Å²) in [6.07, 6.45) is 7.24. The molecule has 0 spiro atoms. The molecule has 1 saturated heterocycles. The molecule has 2 aliphatic rings. The summed E-state index contributed by atoms with van der Waals surface area (Å²) < 4.78 is 2.06. The van der Waals surface area contributed by atoms with Gasteiger partial charge in [-0.05, 0) is 51.6 Å². The molecular weight excluding hydrogens is 254 g/mol. The summed E-state index contributed by atoms with van der Waals surface area (Å²) in [7, 11) is 2.17. The first-order chi connectivity index (χ1) is 9.63. The van der Waals surface area contributed by atoms with Gasteiger partial charge >= 0.3 is 5.97 Å². The van der Waals surface area contributed by atoms with Crippen LogP contribution in [0.3, 0.4) is 0 Å². The van der Waals surface area contributed by atoms with Crippen LogP contribution in [0.2, 0.25) is 0 Å². The minimum atomic E-state index is -0.736. The number of hydrogen-bond donors (Lipinski definition) is 1. The van der Waals surface area contributed by atoms with E-state index >= 15 is 0 Å². The summed E-state index contributed by atoms with van der Waals surface area (Å²) >= 11 is 0. The topological polar surface area (TPSA) is 58.4 Å². The first kappa shape index (κ1) is 13.6. The van der Waals surface area contributed by atoms with Gasteiger partial charge in [-0.2, -0.15) is 0 Å². The number of fused-ring (bicyclic) bond motifs is 1. The number of imidazole rings is 1. The van der Waals surface area contributed by atoms with Crippen LogP contribution in [0.1, 0.15) is 43.1 Å². The Hall–Kier alpha value is -1.36. The van der Waals surface area contributed by atoms with Crippen LogP contribution in [0.15, 0.2) is 6.20 Å². The van der Waals surface area contributed by atoms with Crippen molar-refractivity contribution in [3.63, 3.8) is 0 Å². The van der Waals surface area contributed by atoms with Crippen LogP contribution in [0.25, 0.3) is 0 Å². The third kappa shape index (κ3) is 2.73. The van der Waals surface area contributed by atoms with Crippen LogP contribution >= 0.6 is 0 Å². The first-order valence-corrected chi connectivity index (χ1v) is 7.61. The van der Waals surface area contributed by atoms with Crippen molar-refractivity contribution in [1.29, 1.82) is 0 Å². The molecule has 5 nitrogen and oxygen atoms in total. The lowest BCUT2D eigenvalue weighted by atomic mass is 9.94. The molecule has 2 aliphatic heterocycles. The lowest BCUT2D eigenvalue weighted by Gasteiger charge is -2.29. The van der Waals surface area contributed by atoms with Gasteiger partial charge in [0.15, 0.2) is 0 Å². The van der Waals surface area contributed by atoms with E-state index in [-0.39, 0.29) is 0 Å². The molecule has 1 fully saturated rings. The van der Waals surface area contributed by atoms with Crippen molar-refractivity contribution in [1.82, 2.24) is 14.5 Å². The van der Waals surface area contributed by atoms with Crippen LogP contribution in [0.4, 0.5) is 0 Å². The highest BCUT2D eigenvalue weighted by Gasteiger charge is 2.29. The molecule has 0 saturated carbocycles. The largest absolute Gasteiger partial charge is 0.481 e. The van der Waals surface area contributed by atoms with Gasteiger partial charge in [-0.3, -0.25) is 4.79 Å². The van der Waals surface area contributed by atoms with Crippen molar-refractivity contribution in [2.75, 3.05) is 20.1 Å². The average molecular weight is 277 g/mol. The number of nitrogens with zero attached hydrogens (tertiary/aromatic N) is 3. The van der Waals surface area contributed by atoms with Crippen molar-refractivity contribution in [2.24, 2.45) is 5.92 Å². The number of rotatable bonds is 3. The van der Waals surface area contributed by atoms with E-state index < -0.39 is 11.9 Å². The number of hydrogen-bond acceptors (Lipinski definition) is 3. The van der Waals surface area contributed by atoms with E-state index in [0.29, 0.717) is 5.92 Å². The lowest BCUT2D eigenvalue weighted by Crippen LogP contribution is -2.33. The Labute approximate surface area is 119 Å². The molecule has 5 heteroatoms. The number of carboxylic acid groups (broad SMARTS) is 1. The van der Waals surface area contributed by atoms with Gasteiger partial charge in [-0.1, -0.05) is 0 Å². The van der Waals surface area contributed by atoms with Crippen molar-refractivity contribution in [2.45, 2.75) is 44.6 Å². The molecule has 2 atom stereocenters. The zero-order valence-electron chi connectivity index (χ0n) is 12.1. The molecule has 3 rings (SSSR count). The van der Waals surface area contributed by atoms with Crippen molar-refractivity contribution < 1.29 is 9.90 Å². The van der Waals surface area contributed by atoms with E-state index in [4.69, 9.17) is 0 Å². The van der Waals surface area contributed by atoms with Gasteiger partial charge < -0.3 is 14.6 Å². The van der Waals surface area contributed by atoms with Gasteiger partial charge in [0, 0.05) is 19.3 Å². The molecule has 1 aromatic rings. The number of carboxylic acids is 1. The lowest BCUT2D eigenvalue weighted by molar-refractivity contribution is -0.139. The summed E-state index contributed by atoms with van der Waals surface area (Å²) in [5.41, 5.74) is 1.08. The van der Waals surface area contributed by atoms with E-state index in [9.17, 15) is 9.90 Å². The van der Waals surface area contributed by atoms with E-state index in [0.717, 1.165) is 43.9 Å². The molecule has 1 aromatic heterocycles. The minimum Gasteiger partial charge on any atom is -0.481 e. The summed E-state index contributed by atoms with van der Waals surface area (Å²) in [6, 6.07) is 0. The van der Waals surface area contributed by atoms with Gasteiger partial charge in [-0.15, -0.1) is 0 Å². The van der Waals surface area contributed by atoms with Gasteiger partial charge in [0.25, 0.3) is 0 Å². The molecule has 20 heavy (non-hydrogen) atoms. The molecule has 3 heterocycles. The monoisotopic (exact) mass is 277 g/mol. The summed E-state index contributed by atoms with van der Waals surface area (Å²) in [5.74, 6) is 0.281. The predicted molar refractivity (Wildman–Crippen MR) is 75.8 cm³/mol. The number of aryl methyl sites for hydroxylation is 1. The molecule has 1 N–H and O–H groups in total. The zero-order valence-corrected chi connectivity index (χ0v) is 12.1. The minimum absolute atomic E-state index is 0.411. The summed E-state index contributed by atoms with van der Waals surface area (Å²) in [5, 5.41) is 9.29. The molecule has 0 radical (unpaired) electrons. The van der Waals surface area contributed by atoms with E-state index in [1.54, 1.807) is 0 Å². The van der Waals surface area contributed by atoms with Crippen LogP contribution in [-0.2, 0) is 17.8 Å². The van der Waals surface area contributed by atoms with E-state index in [1.807, 2.05) is 0 Å². The van der Waals surface area contributed by atoms with Crippen molar-refractivity contribution >= 4 is 5.97 Å². The maximum Gasteiger partial charge on any atom is 0.314 e. The molecular formula is C15H23N3O2. The van der Waals surface area contributed by atoms with Crippen molar-refractivity contribution in [3.05, 3.63) is 17.7 Å². The van der Waals surface area contributed by atoms with Crippen LogP contribution in [-0.4, -0.2) is 45.7 Å². The Morgan fingerprint density at radius 2 is 2.20 bits per heavy atom. The van der Waals surface area contributed by atoms with Crippen molar-refractivity contribution in [3.8, 4) is 0 Å². The van der Waals surface area contributed by atoms with Gasteiger partial charge in [-0.25, -0.2) is 4.98 Å². The number of aromatic nitrogens is 2. The highest BCUT2D eigenvalue weighted by molar-refractivity contribution is 5.75.